The lowest BCUT2D eigenvalue weighted by Crippen LogP contribution is -2.42. The fourth-order valence-electron chi connectivity index (χ4n) is 2.59. The third-order valence-electron chi connectivity index (χ3n) is 3.99. The number of benzene rings is 2. The number of ether oxygens (including phenoxy) is 2. The van der Waals surface area contributed by atoms with Gasteiger partial charge in [-0.05, 0) is 44.2 Å². The molecule has 31 heavy (non-hydrogen) atoms. The smallest absolute Gasteiger partial charge is 0.246 e. The summed E-state index contributed by atoms with van der Waals surface area (Å²) in [5.41, 5.74) is 1.35. The number of aliphatic imine (C=N–C) groups is 1. The van der Waals surface area contributed by atoms with Gasteiger partial charge in [0.25, 0.3) is 0 Å². The van der Waals surface area contributed by atoms with Gasteiger partial charge < -0.3 is 25.4 Å². The number of halogens is 1. The first-order chi connectivity index (χ1) is 14.5. The van der Waals surface area contributed by atoms with Crippen molar-refractivity contribution >= 4 is 41.5 Å². The Balaban J connectivity index is 0.00000480. The Kier molecular flexibility index (Phi) is 11.9. The lowest BCUT2D eigenvalue weighted by Gasteiger charge is -2.19. The van der Waals surface area contributed by atoms with Crippen LogP contribution >= 0.6 is 24.0 Å². The number of hydrogen-bond acceptors (Lipinski definition) is 4. The molecule has 1 amide bonds. The number of anilines is 1. The van der Waals surface area contributed by atoms with E-state index in [0.717, 1.165) is 0 Å². The topological polar surface area (TPSA) is 84.0 Å². The number of amides is 1. The van der Waals surface area contributed by atoms with E-state index in [1.165, 1.54) is 0 Å². The van der Waals surface area contributed by atoms with Crippen molar-refractivity contribution in [1.29, 1.82) is 0 Å². The fraction of sp³-hybridized carbons (Fsp3) is 0.304. The largest absolute Gasteiger partial charge is 0.493 e. The van der Waals surface area contributed by atoms with Crippen LogP contribution < -0.4 is 25.4 Å². The summed E-state index contributed by atoms with van der Waals surface area (Å²) in [6.07, 6.45) is 5.24. The average Bonchev–Trinajstić information content (AvgIpc) is 2.76. The molecule has 0 bridgehead atoms. The van der Waals surface area contributed by atoms with Gasteiger partial charge in [0.2, 0.25) is 5.91 Å². The van der Waals surface area contributed by atoms with E-state index >= 15 is 0 Å². The summed E-state index contributed by atoms with van der Waals surface area (Å²) in [4.78, 5) is 16.5. The summed E-state index contributed by atoms with van der Waals surface area (Å²) in [5, 5.41) is 9.08. The molecule has 1 unspecified atom stereocenters. The standard InChI is InChI=1S/C23H28N4O3.HI/c1-5-18-10-9-11-19(14-18)27-22(28)16-26-23(24-6-2)25-15-17(3)30-21-13-8-7-12-20(21)29-4;/h1,7-14,17H,6,15-16H2,2-4H3,(H,27,28)(H2,24,25,26);1H. The van der Waals surface area contributed by atoms with E-state index in [1.54, 1.807) is 31.4 Å². The van der Waals surface area contributed by atoms with Crippen LogP contribution in [-0.2, 0) is 4.79 Å². The molecule has 0 aliphatic rings. The van der Waals surface area contributed by atoms with Gasteiger partial charge in [-0.25, -0.2) is 4.99 Å². The molecule has 0 saturated carbocycles. The molecule has 2 aromatic carbocycles. The molecule has 0 spiro atoms. The molecule has 0 saturated heterocycles. The van der Waals surface area contributed by atoms with E-state index in [2.05, 4.69) is 26.9 Å². The van der Waals surface area contributed by atoms with Gasteiger partial charge >= 0.3 is 0 Å². The molecule has 3 N–H and O–H groups in total. The summed E-state index contributed by atoms with van der Waals surface area (Å²) in [6.45, 7) is 5.03. The third-order valence-corrected chi connectivity index (χ3v) is 3.99. The minimum Gasteiger partial charge on any atom is -0.493 e. The minimum atomic E-state index is -0.236. The molecule has 2 rings (SSSR count). The highest BCUT2D eigenvalue weighted by molar-refractivity contribution is 14.0. The van der Waals surface area contributed by atoms with E-state index in [1.807, 2.05) is 38.1 Å². The Morgan fingerprint density at radius 3 is 2.58 bits per heavy atom. The number of nitrogens with zero attached hydrogens (tertiary/aromatic N) is 1. The number of guanidine groups is 1. The van der Waals surface area contributed by atoms with E-state index in [9.17, 15) is 4.79 Å². The van der Waals surface area contributed by atoms with Crippen LogP contribution in [0.5, 0.6) is 11.5 Å². The summed E-state index contributed by atoms with van der Waals surface area (Å²) < 4.78 is 11.2. The SMILES string of the molecule is C#Cc1cccc(NC(=O)CN=C(NCC)NCC(C)Oc2ccccc2OC)c1.I. The quantitative estimate of drug-likeness (QED) is 0.199. The molecular weight excluding hydrogens is 507 g/mol. The summed E-state index contributed by atoms with van der Waals surface area (Å²) >= 11 is 0. The molecule has 166 valence electrons. The maximum Gasteiger partial charge on any atom is 0.246 e. The Bertz CT molecular complexity index is 912. The molecule has 2 aromatic rings. The van der Waals surface area contributed by atoms with E-state index in [0.29, 0.717) is 41.8 Å². The maximum absolute atomic E-state index is 12.2. The van der Waals surface area contributed by atoms with Crippen LogP contribution in [0, 0.1) is 12.3 Å². The van der Waals surface area contributed by atoms with Crippen LogP contribution in [0.15, 0.2) is 53.5 Å². The van der Waals surface area contributed by atoms with Gasteiger partial charge in [-0.15, -0.1) is 30.4 Å². The van der Waals surface area contributed by atoms with Gasteiger partial charge in [0.05, 0.1) is 13.7 Å². The van der Waals surface area contributed by atoms with Gasteiger partial charge in [0.15, 0.2) is 17.5 Å². The molecule has 7 nitrogen and oxygen atoms in total. The number of hydrogen-bond donors (Lipinski definition) is 3. The number of carbonyl (C=O) groups excluding carboxylic acids is 1. The van der Waals surface area contributed by atoms with Crippen LogP contribution in [0.4, 0.5) is 5.69 Å². The Hall–Kier alpha value is -2.93. The Labute approximate surface area is 201 Å². The zero-order valence-electron chi connectivity index (χ0n) is 18.0. The fourth-order valence-corrected chi connectivity index (χ4v) is 2.59. The molecule has 8 heteroatoms. The molecule has 0 fully saturated rings. The zero-order chi connectivity index (χ0) is 21.8. The molecule has 0 aliphatic heterocycles. The normalized spacial score (nSPS) is 11.4. The van der Waals surface area contributed by atoms with Crippen LogP contribution in [0.1, 0.15) is 19.4 Å². The number of rotatable bonds is 9. The highest BCUT2D eigenvalue weighted by atomic mass is 127. The summed E-state index contributed by atoms with van der Waals surface area (Å²) in [7, 11) is 1.61. The van der Waals surface area contributed by atoms with Crippen LogP contribution in [0.2, 0.25) is 0 Å². The van der Waals surface area contributed by atoms with Crippen LogP contribution in [-0.4, -0.2) is 44.7 Å². The van der Waals surface area contributed by atoms with Crippen molar-refractivity contribution in [1.82, 2.24) is 10.6 Å². The molecule has 0 radical (unpaired) electrons. The lowest BCUT2D eigenvalue weighted by molar-refractivity contribution is -0.114. The first kappa shape index (κ1) is 26.1. The first-order valence-electron chi connectivity index (χ1n) is 9.74. The molecule has 0 aliphatic carbocycles. The van der Waals surface area contributed by atoms with Gasteiger partial charge in [0, 0.05) is 17.8 Å². The van der Waals surface area contributed by atoms with Crippen molar-refractivity contribution in [2.75, 3.05) is 32.1 Å². The second-order valence-electron chi connectivity index (χ2n) is 6.43. The molecule has 0 aromatic heterocycles. The third kappa shape index (κ3) is 9.17. The van der Waals surface area contributed by atoms with Gasteiger partial charge in [-0.3, -0.25) is 4.79 Å². The number of para-hydroxylation sites is 2. The second kappa shape index (κ2) is 14.1. The Morgan fingerprint density at radius 2 is 1.90 bits per heavy atom. The summed E-state index contributed by atoms with van der Waals surface area (Å²) in [6, 6.07) is 14.6. The molecular formula is C23H29IN4O3. The molecule has 0 heterocycles. The highest BCUT2D eigenvalue weighted by Gasteiger charge is 2.10. The van der Waals surface area contributed by atoms with E-state index < -0.39 is 0 Å². The molecule has 1 atom stereocenters. The van der Waals surface area contributed by atoms with Crippen molar-refractivity contribution in [2.24, 2.45) is 4.99 Å². The Morgan fingerprint density at radius 1 is 1.16 bits per heavy atom. The van der Waals surface area contributed by atoms with Crippen LogP contribution in [0.3, 0.4) is 0 Å². The maximum atomic E-state index is 12.2. The summed E-state index contributed by atoms with van der Waals surface area (Å²) in [5.74, 6) is 4.18. The number of nitrogens with one attached hydrogen (secondary N) is 3. The van der Waals surface area contributed by atoms with Crippen molar-refractivity contribution < 1.29 is 14.3 Å². The van der Waals surface area contributed by atoms with Crippen molar-refractivity contribution in [3.8, 4) is 23.8 Å². The van der Waals surface area contributed by atoms with Crippen LogP contribution in [0.25, 0.3) is 0 Å². The zero-order valence-corrected chi connectivity index (χ0v) is 20.3. The van der Waals surface area contributed by atoms with Gasteiger partial charge in [-0.2, -0.15) is 0 Å². The highest BCUT2D eigenvalue weighted by Crippen LogP contribution is 2.26. The van der Waals surface area contributed by atoms with Gasteiger partial charge in [-0.1, -0.05) is 24.1 Å². The first-order valence-corrected chi connectivity index (χ1v) is 9.74. The van der Waals surface area contributed by atoms with E-state index in [4.69, 9.17) is 15.9 Å². The number of carbonyl (C=O) groups is 1. The van der Waals surface area contributed by atoms with Crippen molar-refractivity contribution in [2.45, 2.75) is 20.0 Å². The minimum absolute atomic E-state index is 0. The lowest BCUT2D eigenvalue weighted by atomic mass is 10.2. The second-order valence-corrected chi connectivity index (χ2v) is 6.43. The number of terminal acetylenes is 1. The predicted molar refractivity (Wildman–Crippen MR) is 135 cm³/mol. The van der Waals surface area contributed by atoms with Crippen molar-refractivity contribution in [3.05, 3.63) is 54.1 Å². The number of methoxy groups -OCH3 is 1. The average molecular weight is 536 g/mol. The van der Waals surface area contributed by atoms with E-state index in [-0.39, 0.29) is 42.5 Å². The van der Waals surface area contributed by atoms with Crippen molar-refractivity contribution in [3.63, 3.8) is 0 Å². The monoisotopic (exact) mass is 536 g/mol. The van der Waals surface area contributed by atoms with Gasteiger partial charge in [0.1, 0.15) is 12.6 Å². The predicted octanol–water partition coefficient (Wildman–Crippen LogP) is 3.26.